The highest BCUT2D eigenvalue weighted by Crippen LogP contribution is 2.33. The van der Waals surface area contributed by atoms with Crippen molar-refractivity contribution in [1.29, 1.82) is 0 Å². The molecule has 2 N–H and O–H groups in total. The fraction of sp³-hybridized carbons (Fsp3) is 0.474. The van der Waals surface area contributed by atoms with Crippen molar-refractivity contribution in [3.8, 4) is 0 Å². The molecule has 1 heterocycles. The minimum Gasteiger partial charge on any atom is -0.337 e. The molecule has 2 amide bonds. The molecule has 1 aromatic carbocycles. The summed E-state index contributed by atoms with van der Waals surface area (Å²) >= 11 is 0. The number of hydrogen-bond donors (Lipinski definition) is 2. The molecule has 3 rings (SSSR count). The summed E-state index contributed by atoms with van der Waals surface area (Å²) in [4.78, 5) is 16.6. The molecule has 0 radical (unpaired) electrons. The highest BCUT2D eigenvalue weighted by molar-refractivity contribution is 5.89. The first kappa shape index (κ1) is 16.6. The smallest absolute Gasteiger partial charge is 0.319 e. The molecule has 5 heteroatoms. The van der Waals surface area contributed by atoms with Crippen LogP contribution in [0.5, 0.6) is 0 Å². The van der Waals surface area contributed by atoms with Gasteiger partial charge in [0.25, 0.3) is 0 Å². The average Bonchev–Trinajstić information content (AvgIpc) is 2.83. The Morgan fingerprint density at radius 1 is 1.25 bits per heavy atom. The maximum atomic E-state index is 12.0. The highest BCUT2D eigenvalue weighted by atomic mass is 16.2. The van der Waals surface area contributed by atoms with Crippen LogP contribution >= 0.6 is 0 Å². The van der Waals surface area contributed by atoms with Crippen molar-refractivity contribution < 1.29 is 4.79 Å². The van der Waals surface area contributed by atoms with Crippen molar-refractivity contribution in [3.63, 3.8) is 0 Å². The van der Waals surface area contributed by atoms with Gasteiger partial charge < -0.3 is 15.2 Å². The molecular formula is C19H26N4O. The van der Waals surface area contributed by atoms with Gasteiger partial charge in [0.15, 0.2) is 0 Å². The number of nitrogens with one attached hydrogen (secondary N) is 2. The van der Waals surface area contributed by atoms with E-state index in [-0.39, 0.29) is 6.03 Å². The van der Waals surface area contributed by atoms with Crippen molar-refractivity contribution >= 4 is 11.7 Å². The van der Waals surface area contributed by atoms with Gasteiger partial charge in [0.05, 0.1) is 0 Å². The lowest BCUT2D eigenvalue weighted by Crippen LogP contribution is -2.31. The second-order valence-corrected chi connectivity index (χ2v) is 6.70. The fourth-order valence-corrected chi connectivity index (χ4v) is 3.11. The number of hydrogen-bond acceptors (Lipinski definition) is 2. The summed E-state index contributed by atoms with van der Waals surface area (Å²) in [5, 5.41) is 5.81. The summed E-state index contributed by atoms with van der Waals surface area (Å²) in [5.74, 6) is 1.07. The molecule has 0 aliphatic heterocycles. The number of anilines is 1. The van der Waals surface area contributed by atoms with Crippen LogP contribution in [0.4, 0.5) is 10.5 Å². The monoisotopic (exact) mass is 326 g/mol. The van der Waals surface area contributed by atoms with E-state index < -0.39 is 0 Å². The van der Waals surface area contributed by atoms with Gasteiger partial charge >= 0.3 is 6.03 Å². The van der Waals surface area contributed by atoms with E-state index in [1.807, 2.05) is 31.3 Å². The lowest BCUT2D eigenvalue weighted by Gasteiger charge is -2.29. The Morgan fingerprint density at radius 2 is 2.04 bits per heavy atom. The van der Waals surface area contributed by atoms with Crippen LogP contribution in [0.3, 0.4) is 0 Å². The van der Waals surface area contributed by atoms with Gasteiger partial charge in [-0.15, -0.1) is 0 Å². The van der Waals surface area contributed by atoms with Crippen LogP contribution < -0.4 is 10.6 Å². The van der Waals surface area contributed by atoms with Crippen molar-refractivity contribution in [2.45, 2.75) is 52.5 Å². The zero-order chi connectivity index (χ0) is 17.1. The Kier molecular flexibility index (Phi) is 4.88. The topological polar surface area (TPSA) is 59.0 Å². The summed E-state index contributed by atoms with van der Waals surface area (Å²) in [6.45, 7) is 6.79. The standard InChI is InChI=1S/C19H26N4O/c1-13-7-8-16(11-14(13)2)22-19(24)20-10-9-18-21-12-15(3)23(18)17-5-4-6-17/h7-8,11-12,17H,4-6,9-10H2,1-3H3,(H2,20,22,24). The lowest BCUT2D eigenvalue weighted by atomic mass is 9.92. The lowest BCUT2D eigenvalue weighted by molar-refractivity contribution is 0.252. The minimum atomic E-state index is -0.170. The molecule has 24 heavy (non-hydrogen) atoms. The molecule has 5 nitrogen and oxygen atoms in total. The third kappa shape index (κ3) is 3.61. The summed E-state index contributed by atoms with van der Waals surface area (Å²) in [6.07, 6.45) is 6.47. The summed E-state index contributed by atoms with van der Waals surface area (Å²) in [6, 6.07) is 6.36. The van der Waals surface area contributed by atoms with E-state index in [1.165, 1.54) is 36.1 Å². The predicted octanol–water partition coefficient (Wildman–Crippen LogP) is 3.90. The first-order valence-corrected chi connectivity index (χ1v) is 8.69. The number of amides is 2. The van der Waals surface area contributed by atoms with Gasteiger partial charge in [0.2, 0.25) is 0 Å². The normalized spacial score (nSPS) is 14.3. The van der Waals surface area contributed by atoms with Crippen LogP contribution in [0.2, 0.25) is 0 Å². The summed E-state index contributed by atoms with van der Waals surface area (Å²) < 4.78 is 2.34. The van der Waals surface area contributed by atoms with E-state index in [4.69, 9.17) is 0 Å². The van der Waals surface area contributed by atoms with Gasteiger partial charge in [-0.2, -0.15) is 0 Å². The molecule has 1 aliphatic rings. The van der Waals surface area contributed by atoms with Crippen molar-refractivity contribution in [2.24, 2.45) is 0 Å². The summed E-state index contributed by atoms with van der Waals surface area (Å²) in [7, 11) is 0. The van der Waals surface area contributed by atoms with E-state index in [2.05, 4.69) is 34.0 Å². The predicted molar refractivity (Wildman–Crippen MR) is 96.5 cm³/mol. The number of aryl methyl sites for hydroxylation is 3. The number of rotatable bonds is 5. The van der Waals surface area contributed by atoms with Crippen LogP contribution in [-0.2, 0) is 6.42 Å². The molecule has 0 atom stereocenters. The van der Waals surface area contributed by atoms with E-state index in [9.17, 15) is 4.79 Å². The van der Waals surface area contributed by atoms with Crippen LogP contribution in [-0.4, -0.2) is 22.1 Å². The van der Waals surface area contributed by atoms with E-state index in [1.54, 1.807) is 0 Å². The van der Waals surface area contributed by atoms with Gasteiger partial charge in [0, 0.05) is 36.6 Å². The van der Waals surface area contributed by atoms with E-state index >= 15 is 0 Å². The van der Waals surface area contributed by atoms with Gasteiger partial charge in [-0.3, -0.25) is 0 Å². The molecule has 0 bridgehead atoms. The van der Waals surface area contributed by atoms with Gasteiger partial charge in [0.1, 0.15) is 5.82 Å². The number of carbonyl (C=O) groups excluding carboxylic acids is 1. The SMILES string of the molecule is Cc1ccc(NC(=O)NCCc2ncc(C)n2C2CCC2)cc1C. The molecule has 1 aromatic heterocycles. The van der Waals surface area contributed by atoms with Crippen LogP contribution in [0.1, 0.15) is 47.9 Å². The van der Waals surface area contributed by atoms with Gasteiger partial charge in [-0.25, -0.2) is 9.78 Å². The number of benzene rings is 1. The van der Waals surface area contributed by atoms with Crippen molar-refractivity contribution in [1.82, 2.24) is 14.9 Å². The largest absolute Gasteiger partial charge is 0.337 e. The maximum absolute atomic E-state index is 12.0. The van der Waals surface area contributed by atoms with E-state index in [0.29, 0.717) is 12.6 Å². The fourth-order valence-electron chi connectivity index (χ4n) is 3.11. The third-order valence-corrected chi connectivity index (χ3v) is 4.90. The number of urea groups is 1. The zero-order valence-corrected chi connectivity index (χ0v) is 14.7. The molecule has 2 aromatic rings. The molecule has 1 fully saturated rings. The molecule has 128 valence electrons. The molecule has 0 unspecified atom stereocenters. The minimum absolute atomic E-state index is 0.170. The Balaban J connectivity index is 1.51. The van der Waals surface area contributed by atoms with Crippen LogP contribution in [0.15, 0.2) is 24.4 Å². The Bertz CT molecular complexity index is 731. The molecule has 0 spiro atoms. The van der Waals surface area contributed by atoms with Crippen molar-refractivity contribution in [3.05, 3.63) is 47.0 Å². The maximum Gasteiger partial charge on any atom is 0.319 e. The summed E-state index contributed by atoms with van der Waals surface area (Å²) in [5.41, 5.74) is 4.43. The average molecular weight is 326 g/mol. The first-order valence-electron chi connectivity index (χ1n) is 8.69. The number of aromatic nitrogens is 2. The third-order valence-electron chi connectivity index (χ3n) is 4.90. The quantitative estimate of drug-likeness (QED) is 0.875. The second kappa shape index (κ2) is 7.07. The zero-order valence-electron chi connectivity index (χ0n) is 14.7. The van der Waals surface area contributed by atoms with Crippen molar-refractivity contribution in [2.75, 3.05) is 11.9 Å². The van der Waals surface area contributed by atoms with Gasteiger partial charge in [-0.1, -0.05) is 6.07 Å². The molecule has 0 saturated heterocycles. The van der Waals surface area contributed by atoms with Crippen LogP contribution in [0.25, 0.3) is 0 Å². The Hall–Kier alpha value is -2.30. The number of imidazole rings is 1. The Labute approximate surface area is 143 Å². The Morgan fingerprint density at radius 3 is 2.71 bits per heavy atom. The number of nitrogens with zero attached hydrogens (tertiary/aromatic N) is 2. The molecule has 1 saturated carbocycles. The number of carbonyl (C=O) groups is 1. The highest BCUT2D eigenvalue weighted by Gasteiger charge is 2.23. The second-order valence-electron chi connectivity index (χ2n) is 6.70. The molecule has 1 aliphatic carbocycles. The van der Waals surface area contributed by atoms with E-state index in [0.717, 1.165) is 17.9 Å². The first-order chi connectivity index (χ1) is 11.5. The van der Waals surface area contributed by atoms with Gasteiger partial charge in [-0.05, 0) is 63.3 Å². The van der Waals surface area contributed by atoms with Crippen LogP contribution in [0, 0.1) is 20.8 Å². The molecular weight excluding hydrogens is 300 g/mol.